The van der Waals surface area contributed by atoms with Crippen molar-refractivity contribution < 1.29 is 17.7 Å². The number of piperazine rings is 1. The molecular weight excluding hydrogens is 698 g/mol. The first-order valence-corrected chi connectivity index (χ1v) is 21.6. The Morgan fingerprint density at radius 2 is 1.54 bits per heavy atom. The van der Waals surface area contributed by atoms with Crippen LogP contribution < -0.4 is 25.6 Å². The van der Waals surface area contributed by atoms with Crippen LogP contribution in [0.1, 0.15) is 18.4 Å². The first-order chi connectivity index (χ1) is 24.9. The Labute approximate surface area is 305 Å². The van der Waals surface area contributed by atoms with Crippen molar-refractivity contribution in [2.75, 3.05) is 82.3 Å². The van der Waals surface area contributed by atoms with E-state index in [0.717, 1.165) is 67.5 Å². The summed E-state index contributed by atoms with van der Waals surface area (Å²) >= 11 is 0. The van der Waals surface area contributed by atoms with Crippen LogP contribution in [0.5, 0.6) is 5.88 Å². The number of fused-ring (bicyclic) bond motifs is 1. The van der Waals surface area contributed by atoms with Crippen LogP contribution in [-0.4, -0.2) is 110 Å². The van der Waals surface area contributed by atoms with Crippen LogP contribution in [0.2, 0.25) is 0 Å². The van der Waals surface area contributed by atoms with Gasteiger partial charge in [0.2, 0.25) is 11.8 Å². The molecule has 13 nitrogen and oxygen atoms in total. The maximum absolute atomic E-state index is 13.9. The third kappa shape index (κ3) is 7.38. The Bertz CT molecular complexity index is 2220. The highest BCUT2D eigenvalue weighted by atomic mass is 32.2. The average molecular weight is 744 g/mol. The number of benzene rings is 2. The molecule has 2 aliphatic heterocycles. The fraction of sp³-hybridized carbons (Fsp3) is 0.378. The number of hydrogen-bond donors (Lipinski definition) is 2. The van der Waals surface area contributed by atoms with Crippen molar-refractivity contribution in [3.8, 4) is 5.88 Å². The summed E-state index contributed by atoms with van der Waals surface area (Å²) in [6.07, 6.45) is 3.64. The van der Waals surface area contributed by atoms with E-state index in [1.165, 1.54) is 6.20 Å². The highest BCUT2D eigenvalue weighted by Gasteiger charge is 2.28. The van der Waals surface area contributed by atoms with Crippen LogP contribution >= 0.6 is 7.14 Å². The van der Waals surface area contributed by atoms with Gasteiger partial charge in [0.05, 0.1) is 23.1 Å². The van der Waals surface area contributed by atoms with Crippen molar-refractivity contribution in [1.82, 2.24) is 28.7 Å². The number of rotatable bonds is 10. The van der Waals surface area contributed by atoms with Crippen molar-refractivity contribution in [2.45, 2.75) is 30.7 Å². The van der Waals surface area contributed by atoms with Gasteiger partial charge in [-0.3, -0.25) is 4.90 Å². The summed E-state index contributed by atoms with van der Waals surface area (Å²) in [6, 6.07) is 20.1. The van der Waals surface area contributed by atoms with Crippen LogP contribution in [0.4, 0.5) is 29.0 Å². The van der Waals surface area contributed by atoms with E-state index in [2.05, 4.69) is 32.4 Å². The Hall–Kier alpha value is -4.49. The summed E-state index contributed by atoms with van der Waals surface area (Å²) < 4.78 is 48.0. The second-order valence-corrected chi connectivity index (χ2v) is 19.0. The molecule has 2 N–H and O–H groups in total. The molecule has 5 heterocycles. The zero-order chi connectivity index (χ0) is 36.6. The highest BCUT2D eigenvalue weighted by Crippen LogP contribution is 2.39. The van der Waals surface area contributed by atoms with Crippen LogP contribution in [-0.2, 0) is 14.6 Å². The molecule has 0 amide bonds. The fourth-order valence-electron chi connectivity index (χ4n) is 6.96. The lowest BCUT2D eigenvalue weighted by molar-refractivity contribution is 0.0981. The minimum absolute atomic E-state index is 0.128. The number of likely N-dealkylation sites (N-methyl/N-ethyl adjacent to an activating group) is 1. The molecule has 0 aliphatic carbocycles. The monoisotopic (exact) mass is 743 g/mol. The number of aromatic nitrogens is 4. The minimum atomic E-state index is -4.02. The quantitative estimate of drug-likeness (QED) is 0.179. The van der Waals surface area contributed by atoms with Crippen molar-refractivity contribution >= 4 is 62.5 Å². The maximum atomic E-state index is 13.9. The standard InChI is InChI=1S/C37H46N9O4PS/c1-26-10-12-28(13-11-26)52(48,49)46-21-18-29-34(38-30-8-6-7-9-32(30)51(4,5)47)41-37(42-35(29)46)39-31-14-15-33(40-36(31)50-3)45-19-16-27(17-20-45)44-24-22-43(2)23-25-44/h6-15,18,21,27H,16-17,19-20,22-25H2,1-5H3,(H2,38,39,41,42). The first-order valence-electron chi connectivity index (χ1n) is 17.5. The van der Waals surface area contributed by atoms with E-state index in [-0.39, 0.29) is 16.5 Å². The zero-order valence-corrected chi connectivity index (χ0v) is 32.0. The molecule has 5 aromatic rings. The van der Waals surface area contributed by atoms with Gasteiger partial charge in [-0.25, -0.2) is 12.4 Å². The van der Waals surface area contributed by atoms with Gasteiger partial charge in [-0.1, -0.05) is 29.8 Å². The molecule has 0 spiro atoms. The Morgan fingerprint density at radius 3 is 2.23 bits per heavy atom. The number of ether oxygens (including phenoxy) is 1. The molecule has 2 aliphatic rings. The summed E-state index contributed by atoms with van der Waals surface area (Å²) in [4.78, 5) is 21.8. The van der Waals surface area contributed by atoms with Crippen molar-refractivity contribution in [3.05, 3.63) is 78.5 Å². The van der Waals surface area contributed by atoms with E-state index >= 15 is 0 Å². The van der Waals surface area contributed by atoms with Gasteiger partial charge in [0.15, 0.2) is 5.65 Å². The maximum Gasteiger partial charge on any atom is 0.269 e. The van der Waals surface area contributed by atoms with Crippen molar-refractivity contribution in [1.29, 1.82) is 0 Å². The fourth-order valence-corrected chi connectivity index (χ4v) is 9.41. The number of aryl methyl sites for hydroxylation is 1. The van der Waals surface area contributed by atoms with E-state index in [1.807, 2.05) is 43.3 Å². The SMILES string of the molecule is COc1nc(N2CCC(N3CCN(C)CC3)CC2)ccc1Nc1nc(Nc2ccccc2P(C)(C)=O)c2ccn(S(=O)(=O)c3ccc(C)cc3)c2n1. The molecule has 2 saturated heterocycles. The van der Waals surface area contributed by atoms with Crippen LogP contribution in [0.3, 0.4) is 0 Å². The molecule has 0 radical (unpaired) electrons. The largest absolute Gasteiger partial charge is 0.479 e. The molecule has 2 fully saturated rings. The molecule has 0 atom stereocenters. The van der Waals surface area contributed by atoms with Gasteiger partial charge in [0.1, 0.15) is 24.5 Å². The topological polar surface area (TPSA) is 138 Å². The molecule has 2 aromatic carbocycles. The Kier molecular flexibility index (Phi) is 10.0. The van der Waals surface area contributed by atoms with E-state index in [9.17, 15) is 13.0 Å². The van der Waals surface area contributed by atoms with Gasteiger partial charge in [-0.2, -0.15) is 15.0 Å². The third-order valence-electron chi connectivity index (χ3n) is 9.95. The van der Waals surface area contributed by atoms with Crippen molar-refractivity contribution in [3.63, 3.8) is 0 Å². The summed E-state index contributed by atoms with van der Waals surface area (Å²) in [6.45, 7) is 11.6. The summed E-state index contributed by atoms with van der Waals surface area (Å²) in [5.74, 6) is 1.67. The lowest BCUT2D eigenvalue weighted by Crippen LogP contribution is -2.52. The van der Waals surface area contributed by atoms with E-state index < -0.39 is 17.2 Å². The van der Waals surface area contributed by atoms with Crippen LogP contribution in [0, 0.1) is 6.92 Å². The molecule has 7 rings (SSSR count). The van der Waals surface area contributed by atoms with Crippen LogP contribution in [0.25, 0.3) is 11.0 Å². The summed E-state index contributed by atoms with van der Waals surface area (Å²) in [5.41, 5.74) is 2.25. The molecule has 3 aromatic heterocycles. The molecule has 0 saturated carbocycles. The number of methoxy groups -OCH3 is 1. The number of anilines is 5. The lowest BCUT2D eigenvalue weighted by atomic mass is 10.0. The highest BCUT2D eigenvalue weighted by molar-refractivity contribution is 7.90. The second-order valence-electron chi connectivity index (χ2n) is 14.0. The molecule has 0 bridgehead atoms. The van der Waals surface area contributed by atoms with Gasteiger partial charge in [0.25, 0.3) is 10.0 Å². The van der Waals surface area contributed by atoms with E-state index in [0.29, 0.717) is 39.8 Å². The average Bonchev–Trinajstić information content (AvgIpc) is 3.58. The van der Waals surface area contributed by atoms with Gasteiger partial charge in [0, 0.05) is 56.8 Å². The summed E-state index contributed by atoms with van der Waals surface area (Å²) in [5, 5.41) is 7.70. The number of nitrogens with one attached hydrogen (secondary N) is 2. The first kappa shape index (κ1) is 35.9. The minimum Gasteiger partial charge on any atom is -0.479 e. The predicted molar refractivity (Wildman–Crippen MR) is 208 cm³/mol. The van der Waals surface area contributed by atoms with Crippen molar-refractivity contribution in [2.24, 2.45) is 0 Å². The number of pyridine rings is 1. The number of hydrogen-bond acceptors (Lipinski definition) is 12. The number of piperidine rings is 1. The van der Waals surface area contributed by atoms with E-state index in [1.54, 1.807) is 50.8 Å². The lowest BCUT2D eigenvalue weighted by Gasteiger charge is -2.42. The van der Waals surface area contributed by atoms with Crippen LogP contribution in [0.15, 0.2) is 77.8 Å². The van der Waals surface area contributed by atoms with E-state index in [4.69, 9.17) is 19.7 Å². The Morgan fingerprint density at radius 1 is 0.827 bits per heavy atom. The normalized spacial score (nSPS) is 16.7. The molecule has 274 valence electrons. The smallest absolute Gasteiger partial charge is 0.269 e. The molecule has 52 heavy (non-hydrogen) atoms. The van der Waals surface area contributed by atoms with Gasteiger partial charge >= 0.3 is 0 Å². The zero-order valence-electron chi connectivity index (χ0n) is 30.3. The van der Waals surface area contributed by atoms with Gasteiger partial charge in [-0.05, 0) is 82.6 Å². The number of para-hydroxylation sites is 1. The third-order valence-corrected chi connectivity index (χ3v) is 13.2. The molecular formula is C37H46N9O4PS. The van der Waals surface area contributed by atoms with Gasteiger partial charge < -0.3 is 29.7 Å². The Balaban J connectivity index is 1.21. The molecule has 0 unspecified atom stereocenters. The second kappa shape index (κ2) is 14.5. The summed E-state index contributed by atoms with van der Waals surface area (Å²) in [7, 11) is -2.94. The van der Waals surface area contributed by atoms with Gasteiger partial charge in [-0.15, -0.1) is 0 Å². The molecule has 15 heteroatoms. The predicted octanol–water partition coefficient (Wildman–Crippen LogP) is 5.33. The number of nitrogens with zero attached hydrogens (tertiary/aromatic N) is 7.